The molecule has 64 valence electrons. The van der Waals surface area contributed by atoms with Gasteiger partial charge in [-0.3, -0.25) is 4.79 Å². The van der Waals surface area contributed by atoms with Crippen molar-refractivity contribution in [2.24, 2.45) is 0 Å². The second-order valence-electron chi connectivity index (χ2n) is 2.53. The van der Waals surface area contributed by atoms with Gasteiger partial charge in [-0.05, 0) is 11.5 Å². The van der Waals surface area contributed by atoms with E-state index in [1.165, 1.54) is 0 Å². The van der Waals surface area contributed by atoms with Gasteiger partial charge < -0.3 is 14.0 Å². The second-order valence-corrected chi connectivity index (χ2v) is 2.53. The summed E-state index contributed by atoms with van der Waals surface area (Å²) in [7, 11) is -0.500. The molecule has 0 fully saturated rings. The topological polar surface area (TPSA) is 42.2 Å². The predicted octanol–water partition coefficient (Wildman–Crippen LogP) is -0.0909. The highest BCUT2D eigenvalue weighted by atomic mass is 19.1. The van der Waals surface area contributed by atoms with Gasteiger partial charge in [-0.25, -0.2) is 0 Å². The zero-order valence-electron chi connectivity index (χ0n) is 6.53. The number of hydrogen-bond donors (Lipinski definition) is 1. The molecule has 12 heavy (non-hydrogen) atoms. The summed E-state index contributed by atoms with van der Waals surface area (Å²) in [5, 5.41) is 8.35. The standard InChI is InChI=1S/C7H9BFNO2/c9-8-6-1-3-10(5-6)4-2-7(11)12/h1,3,5,8H,2,4H2,(H,11,12). The molecule has 0 atom stereocenters. The minimum absolute atomic E-state index is 0.0698. The van der Waals surface area contributed by atoms with Gasteiger partial charge in [0, 0.05) is 18.9 Å². The Morgan fingerprint density at radius 2 is 2.50 bits per heavy atom. The van der Waals surface area contributed by atoms with Crippen LogP contribution in [0.15, 0.2) is 18.5 Å². The van der Waals surface area contributed by atoms with Crippen molar-refractivity contribution in [3.05, 3.63) is 18.5 Å². The number of carboxylic acid groups (broad SMARTS) is 1. The van der Waals surface area contributed by atoms with Crippen molar-refractivity contribution in [3.8, 4) is 0 Å². The Labute approximate surface area is 70.1 Å². The van der Waals surface area contributed by atoms with Gasteiger partial charge in [-0.1, -0.05) is 0 Å². The molecule has 0 saturated heterocycles. The summed E-state index contributed by atoms with van der Waals surface area (Å²) >= 11 is 0. The quantitative estimate of drug-likeness (QED) is 0.640. The van der Waals surface area contributed by atoms with E-state index in [0.29, 0.717) is 12.0 Å². The van der Waals surface area contributed by atoms with Gasteiger partial charge in [0.25, 0.3) is 0 Å². The number of aromatic nitrogens is 1. The Bertz CT molecular complexity index is 274. The Balaban J connectivity index is 2.47. The van der Waals surface area contributed by atoms with Crippen LogP contribution >= 0.6 is 0 Å². The summed E-state index contributed by atoms with van der Waals surface area (Å²) in [4.78, 5) is 10.2. The number of hydrogen-bond acceptors (Lipinski definition) is 1. The van der Waals surface area contributed by atoms with Crippen LogP contribution in [0.1, 0.15) is 6.42 Å². The zero-order valence-corrected chi connectivity index (χ0v) is 6.53. The highest BCUT2D eigenvalue weighted by Gasteiger charge is 2.00. The van der Waals surface area contributed by atoms with E-state index in [4.69, 9.17) is 5.11 Å². The van der Waals surface area contributed by atoms with E-state index in [9.17, 15) is 9.11 Å². The highest BCUT2D eigenvalue weighted by Crippen LogP contribution is 1.91. The molecule has 0 amide bonds. The van der Waals surface area contributed by atoms with Gasteiger partial charge in [0.15, 0.2) is 0 Å². The van der Waals surface area contributed by atoms with Crippen molar-refractivity contribution in [1.29, 1.82) is 0 Å². The first kappa shape index (κ1) is 8.84. The fraction of sp³-hybridized carbons (Fsp3) is 0.286. The van der Waals surface area contributed by atoms with Crippen LogP contribution in [-0.2, 0) is 11.3 Å². The minimum atomic E-state index is -0.842. The average Bonchev–Trinajstić information content (AvgIpc) is 2.48. The van der Waals surface area contributed by atoms with E-state index < -0.39 is 13.5 Å². The fourth-order valence-electron chi connectivity index (χ4n) is 0.933. The van der Waals surface area contributed by atoms with Crippen molar-refractivity contribution in [2.75, 3.05) is 0 Å². The smallest absolute Gasteiger partial charge is 0.365 e. The summed E-state index contributed by atoms with van der Waals surface area (Å²) in [6.07, 6.45) is 3.36. The van der Waals surface area contributed by atoms with Crippen LogP contribution in [0.4, 0.5) is 4.32 Å². The number of rotatable bonds is 4. The predicted molar refractivity (Wildman–Crippen MR) is 44.6 cm³/mol. The van der Waals surface area contributed by atoms with Crippen molar-refractivity contribution in [3.63, 3.8) is 0 Å². The maximum Gasteiger partial charge on any atom is 0.365 e. The van der Waals surface area contributed by atoms with Gasteiger partial charge >= 0.3 is 13.5 Å². The average molecular weight is 169 g/mol. The van der Waals surface area contributed by atoms with Crippen LogP contribution in [0.2, 0.25) is 0 Å². The Morgan fingerprint density at radius 3 is 3.00 bits per heavy atom. The van der Waals surface area contributed by atoms with Gasteiger partial charge in [0.05, 0.1) is 6.42 Å². The first-order valence-electron chi connectivity index (χ1n) is 3.65. The fourth-order valence-corrected chi connectivity index (χ4v) is 0.933. The van der Waals surface area contributed by atoms with Crippen molar-refractivity contribution in [1.82, 2.24) is 4.57 Å². The van der Waals surface area contributed by atoms with Gasteiger partial charge in [0.1, 0.15) is 0 Å². The molecule has 0 spiro atoms. The molecular weight excluding hydrogens is 160 g/mol. The molecule has 0 radical (unpaired) electrons. The second kappa shape index (κ2) is 3.94. The third-order valence-corrected chi connectivity index (χ3v) is 1.55. The molecule has 0 bridgehead atoms. The van der Waals surface area contributed by atoms with E-state index in [2.05, 4.69) is 0 Å². The summed E-state index contributed by atoms with van der Waals surface area (Å²) in [6, 6.07) is 1.64. The van der Waals surface area contributed by atoms with Crippen molar-refractivity contribution >= 4 is 19.0 Å². The summed E-state index contributed by atoms with van der Waals surface area (Å²) < 4.78 is 13.7. The van der Waals surface area contributed by atoms with Gasteiger partial charge in [-0.2, -0.15) is 0 Å². The van der Waals surface area contributed by atoms with Crippen LogP contribution in [0.5, 0.6) is 0 Å². The van der Waals surface area contributed by atoms with E-state index >= 15 is 0 Å². The van der Waals surface area contributed by atoms with Crippen molar-refractivity contribution in [2.45, 2.75) is 13.0 Å². The van der Waals surface area contributed by atoms with Gasteiger partial charge in [0.2, 0.25) is 0 Å². The maximum absolute atomic E-state index is 12.0. The minimum Gasteiger partial charge on any atom is -0.481 e. The molecular formula is C7H9BFNO2. The summed E-state index contributed by atoms with van der Waals surface area (Å²) in [5.41, 5.74) is 0.584. The molecule has 5 heteroatoms. The lowest BCUT2D eigenvalue weighted by Gasteiger charge is -1.97. The summed E-state index contributed by atoms with van der Waals surface area (Å²) in [6.45, 7) is 0.398. The SMILES string of the molecule is O=C(O)CCn1ccc(BF)c1. The molecule has 0 aliphatic heterocycles. The van der Waals surface area contributed by atoms with Crippen LogP contribution in [0.3, 0.4) is 0 Å². The van der Waals surface area contributed by atoms with Crippen LogP contribution < -0.4 is 5.46 Å². The number of halogens is 1. The molecule has 1 aromatic rings. The van der Waals surface area contributed by atoms with E-state index in [1.807, 2.05) is 0 Å². The van der Waals surface area contributed by atoms with Crippen LogP contribution in [-0.4, -0.2) is 23.2 Å². The molecule has 0 aliphatic rings. The van der Waals surface area contributed by atoms with E-state index in [0.717, 1.165) is 0 Å². The summed E-state index contributed by atoms with van der Waals surface area (Å²) in [5.74, 6) is -0.842. The number of nitrogens with zero attached hydrogens (tertiary/aromatic N) is 1. The maximum atomic E-state index is 12.0. The van der Waals surface area contributed by atoms with Gasteiger partial charge in [-0.15, -0.1) is 0 Å². The third-order valence-electron chi connectivity index (χ3n) is 1.55. The van der Waals surface area contributed by atoms with Crippen LogP contribution in [0, 0.1) is 0 Å². The molecule has 1 N–H and O–H groups in total. The lowest BCUT2D eigenvalue weighted by atomic mass is 9.95. The largest absolute Gasteiger partial charge is 0.481 e. The first-order chi connectivity index (χ1) is 5.72. The Kier molecular flexibility index (Phi) is 2.91. The molecule has 0 aliphatic carbocycles. The number of carboxylic acids is 1. The van der Waals surface area contributed by atoms with Crippen LogP contribution in [0.25, 0.3) is 0 Å². The molecule has 0 aromatic carbocycles. The molecule has 1 rings (SSSR count). The lowest BCUT2D eigenvalue weighted by Crippen LogP contribution is -2.07. The third kappa shape index (κ3) is 2.41. The lowest BCUT2D eigenvalue weighted by molar-refractivity contribution is -0.137. The molecule has 1 aromatic heterocycles. The highest BCUT2D eigenvalue weighted by molar-refractivity contribution is 6.46. The van der Waals surface area contributed by atoms with E-state index in [-0.39, 0.29) is 6.42 Å². The molecule has 0 unspecified atom stereocenters. The number of aryl methyl sites for hydroxylation is 1. The Hall–Kier alpha value is -1.26. The zero-order chi connectivity index (χ0) is 8.97. The Morgan fingerprint density at radius 1 is 1.75 bits per heavy atom. The molecule has 1 heterocycles. The molecule has 3 nitrogen and oxygen atoms in total. The number of carbonyl (C=O) groups is 1. The number of aliphatic carboxylic acids is 1. The van der Waals surface area contributed by atoms with Crippen molar-refractivity contribution < 1.29 is 14.2 Å². The molecule has 0 saturated carbocycles. The monoisotopic (exact) mass is 169 g/mol. The normalized spacial score (nSPS) is 9.75. The van der Waals surface area contributed by atoms with E-state index in [1.54, 1.807) is 23.0 Å². The first-order valence-corrected chi connectivity index (χ1v) is 3.65.